The third-order valence-electron chi connectivity index (χ3n) is 7.64. The molecule has 1 unspecified atom stereocenters. The van der Waals surface area contributed by atoms with Crippen LogP contribution >= 0.6 is 11.6 Å². The van der Waals surface area contributed by atoms with Crippen LogP contribution in [0.25, 0.3) is 0 Å². The van der Waals surface area contributed by atoms with Gasteiger partial charge in [-0.2, -0.15) is 0 Å². The molecular formula is C30H36ClN2O+. The van der Waals surface area contributed by atoms with Crippen LogP contribution in [0.5, 0.6) is 0 Å². The van der Waals surface area contributed by atoms with E-state index in [2.05, 4.69) is 74.6 Å². The van der Waals surface area contributed by atoms with E-state index in [1.807, 2.05) is 24.3 Å². The van der Waals surface area contributed by atoms with Crippen molar-refractivity contribution < 1.29 is 9.28 Å². The number of carbonyl (C=O) groups is 1. The maximum Gasteiger partial charge on any atom is 0.282 e. The fraction of sp³-hybridized carbons (Fsp3) is 0.367. The first kappa shape index (κ1) is 24.5. The van der Waals surface area contributed by atoms with Crippen LogP contribution in [-0.2, 0) is 11.3 Å². The molecule has 1 N–H and O–H groups in total. The predicted octanol–water partition coefficient (Wildman–Crippen LogP) is 7.27. The van der Waals surface area contributed by atoms with Gasteiger partial charge in [-0.15, -0.1) is 0 Å². The van der Waals surface area contributed by atoms with E-state index in [0.29, 0.717) is 5.92 Å². The van der Waals surface area contributed by atoms with E-state index in [1.54, 1.807) is 0 Å². The second-order valence-electron chi connectivity index (χ2n) is 9.78. The van der Waals surface area contributed by atoms with Crippen LogP contribution in [0.2, 0.25) is 5.02 Å². The third-order valence-corrected chi connectivity index (χ3v) is 8.01. The van der Waals surface area contributed by atoms with Crippen molar-refractivity contribution in [3.8, 4) is 0 Å². The minimum absolute atomic E-state index is 0.116. The molecule has 1 aliphatic heterocycles. The number of likely N-dealkylation sites (tertiary alicyclic amines) is 1. The molecule has 0 saturated carbocycles. The highest BCUT2D eigenvalue weighted by molar-refractivity contribution is 6.31. The molecule has 0 spiro atoms. The van der Waals surface area contributed by atoms with Crippen LogP contribution < -0.4 is 5.32 Å². The first-order chi connectivity index (χ1) is 16.4. The molecule has 1 amide bonds. The summed E-state index contributed by atoms with van der Waals surface area (Å²) < 4.78 is 0.750. The molecule has 1 fully saturated rings. The minimum Gasteiger partial charge on any atom is -0.320 e. The Morgan fingerprint density at radius 2 is 1.56 bits per heavy atom. The molecule has 1 saturated heterocycles. The van der Waals surface area contributed by atoms with Crippen LogP contribution in [0.4, 0.5) is 5.69 Å². The summed E-state index contributed by atoms with van der Waals surface area (Å²) in [6, 6.07) is 24.9. The molecule has 34 heavy (non-hydrogen) atoms. The van der Waals surface area contributed by atoms with E-state index in [4.69, 9.17) is 11.6 Å². The molecule has 1 heterocycles. The zero-order chi connectivity index (χ0) is 24.1. The highest BCUT2D eigenvalue weighted by Gasteiger charge is 2.44. The molecule has 0 radical (unpaired) electrons. The number of carbonyl (C=O) groups excluding carboxylic acids is 1. The summed E-state index contributed by atoms with van der Waals surface area (Å²) in [6.45, 7) is 8.96. The Labute approximate surface area is 209 Å². The zero-order valence-corrected chi connectivity index (χ0v) is 21.3. The number of aryl methyl sites for hydroxylation is 2. The van der Waals surface area contributed by atoms with Crippen LogP contribution in [-0.4, -0.2) is 29.5 Å². The first-order valence-electron chi connectivity index (χ1n) is 12.4. The number of halogens is 1. The predicted molar refractivity (Wildman–Crippen MR) is 142 cm³/mol. The van der Waals surface area contributed by atoms with Gasteiger partial charge in [-0.25, -0.2) is 0 Å². The van der Waals surface area contributed by atoms with Crippen molar-refractivity contribution in [2.75, 3.05) is 18.4 Å². The van der Waals surface area contributed by atoms with Gasteiger partial charge in [0.15, 0.2) is 6.04 Å². The van der Waals surface area contributed by atoms with Crippen molar-refractivity contribution in [2.24, 2.45) is 0 Å². The lowest BCUT2D eigenvalue weighted by atomic mass is 9.86. The van der Waals surface area contributed by atoms with Gasteiger partial charge in [0, 0.05) is 35.5 Å². The summed E-state index contributed by atoms with van der Waals surface area (Å²) in [6.07, 6.45) is 2.93. The molecule has 3 aromatic carbocycles. The Morgan fingerprint density at radius 3 is 2.18 bits per heavy atom. The molecule has 3 aromatic rings. The van der Waals surface area contributed by atoms with Gasteiger partial charge >= 0.3 is 0 Å². The standard InChI is InChI=1S/C30H35ClN2O/c1-4-28(30(34)32-29-22(2)11-10-12-23(29)3)33(21-26-15-8-9-16-27(26)31)19-17-25(18-20-33)24-13-6-5-7-14-24/h5-16,25,28H,4,17-21H2,1-3H3/p+1. The second kappa shape index (κ2) is 10.8. The van der Waals surface area contributed by atoms with Gasteiger partial charge in [0.25, 0.3) is 5.91 Å². The fourth-order valence-electron chi connectivity index (χ4n) is 5.73. The van der Waals surface area contributed by atoms with E-state index in [-0.39, 0.29) is 11.9 Å². The third kappa shape index (κ3) is 5.21. The fourth-order valence-corrected chi connectivity index (χ4v) is 5.92. The molecule has 0 aromatic heterocycles. The number of para-hydroxylation sites is 1. The maximum atomic E-state index is 13.8. The topological polar surface area (TPSA) is 29.1 Å². The second-order valence-corrected chi connectivity index (χ2v) is 10.2. The van der Waals surface area contributed by atoms with E-state index in [0.717, 1.165) is 70.8 Å². The number of piperidine rings is 1. The zero-order valence-electron chi connectivity index (χ0n) is 20.6. The van der Waals surface area contributed by atoms with Gasteiger partial charge in [0.1, 0.15) is 6.54 Å². The van der Waals surface area contributed by atoms with E-state index in [9.17, 15) is 4.79 Å². The van der Waals surface area contributed by atoms with Gasteiger partial charge in [0.05, 0.1) is 13.1 Å². The smallest absolute Gasteiger partial charge is 0.282 e. The van der Waals surface area contributed by atoms with Gasteiger partial charge in [-0.05, 0) is 42.5 Å². The lowest BCUT2D eigenvalue weighted by Crippen LogP contribution is -2.62. The maximum absolute atomic E-state index is 13.8. The van der Waals surface area contributed by atoms with Gasteiger partial charge < -0.3 is 9.80 Å². The highest BCUT2D eigenvalue weighted by atomic mass is 35.5. The summed E-state index contributed by atoms with van der Waals surface area (Å²) in [5, 5.41) is 4.09. The first-order valence-corrected chi connectivity index (χ1v) is 12.8. The number of rotatable bonds is 7. The van der Waals surface area contributed by atoms with Gasteiger partial charge in [0.2, 0.25) is 0 Å². The van der Waals surface area contributed by atoms with Crippen molar-refractivity contribution >= 4 is 23.2 Å². The molecule has 0 aliphatic carbocycles. The SMILES string of the molecule is CCC(C(=O)Nc1c(C)cccc1C)[N+]1(Cc2ccccc2Cl)CCC(c2ccccc2)CC1. The number of anilines is 1. The largest absolute Gasteiger partial charge is 0.320 e. The average molecular weight is 476 g/mol. The van der Waals surface area contributed by atoms with Gasteiger partial charge in [-0.1, -0.05) is 85.3 Å². The van der Waals surface area contributed by atoms with Crippen LogP contribution in [0.15, 0.2) is 72.8 Å². The Balaban J connectivity index is 1.64. The molecule has 3 nitrogen and oxygen atoms in total. The summed E-state index contributed by atoms with van der Waals surface area (Å²) in [4.78, 5) is 13.8. The van der Waals surface area contributed by atoms with E-state index in [1.165, 1.54) is 5.56 Å². The van der Waals surface area contributed by atoms with Crippen molar-refractivity contribution in [1.29, 1.82) is 0 Å². The lowest BCUT2D eigenvalue weighted by Gasteiger charge is -2.48. The summed E-state index contributed by atoms with van der Waals surface area (Å²) in [5.41, 5.74) is 5.68. The highest BCUT2D eigenvalue weighted by Crippen LogP contribution is 2.37. The van der Waals surface area contributed by atoms with Crippen molar-refractivity contribution in [3.63, 3.8) is 0 Å². The van der Waals surface area contributed by atoms with Crippen LogP contribution in [0.3, 0.4) is 0 Å². The van der Waals surface area contributed by atoms with Gasteiger partial charge in [-0.3, -0.25) is 4.79 Å². The Morgan fingerprint density at radius 1 is 0.941 bits per heavy atom. The molecule has 1 atom stereocenters. The Bertz CT molecular complexity index is 1100. The quantitative estimate of drug-likeness (QED) is 0.357. The van der Waals surface area contributed by atoms with Crippen molar-refractivity contribution in [3.05, 3.63) is 100 Å². The average Bonchev–Trinajstić information content (AvgIpc) is 2.84. The van der Waals surface area contributed by atoms with Crippen LogP contribution in [0, 0.1) is 13.8 Å². The summed E-state index contributed by atoms with van der Waals surface area (Å²) in [7, 11) is 0. The van der Waals surface area contributed by atoms with Crippen LogP contribution in [0.1, 0.15) is 54.4 Å². The number of hydrogen-bond acceptors (Lipinski definition) is 1. The number of nitrogens with zero attached hydrogens (tertiary/aromatic N) is 1. The molecule has 178 valence electrons. The van der Waals surface area contributed by atoms with E-state index < -0.39 is 0 Å². The monoisotopic (exact) mass is 475 g/mol. The Hall–Kier alpha value is -2.62. The number of quaternary nitrogens is 1. The normalized spacial score (nSPS) is 21.1. The minimum atomic E-state index is -0.132. The summed E-state index contributed by atoms with van der Waals surface area (Å²) >= 11 is 6.62. The molecule has 4 rings (SSSR count). The van der Waals surface area contributed by atoms with Crippen molar-refractivity contribution in [2.45, 2.75) is 58.5 Å². The summed E-state index contributed by atoms with van der Waals surface area (Å²) in [5.74, 6) is 0.656. The lowest BCUT2D eigenvalue weighted by molar-refractivity contribution is -0.959. The number of amides is 1. The van der Waals surface area contributed by atoms with E-state index >= 15 is 0 Å². The molecule has 4 heteroatoms. The number of nitrogens with one attached hydrogen (secondary N) is 1. The number of benzene rings is 3. The molecule has 0 bridgehead atoms. The van der Waals surface area contributed by atoms with Crippen molar-refractivity contribution in [1.82, 2.24) is 0 Å². The molecule has 1 aliphatic rings. The number of hydrogen-bond donors (Lipinski definition) is 1. The molecular weight excluding hydrogens is 440 g/mol. The Kier molecular flexibility index (Phi) is 7.75.